The fraction of sp³-hybridized carbons (Fsp3) is 0.0667. The van der Waals surface area contributed by atoms with Crippen molar-refractivity contribution >= 4 is 66.9 Å². The molecule has 0 amide bonds. The third-order valence-electron chi connectivity index (χ3n) is 12.3. The summed E-state index contributed by atoms with van der Waals surface area (Å²) in [6.45, 7) is 0. The molecule has 11 aromatic rings. The standard InChI is InChI=1S/C60H44O4S4/c1-61-41-21-13-37(14-22-41)49-29-33-53(65-49)59(54-34-30-50(66-54)38-15-23-42(62-2)24-16-38)57-45-9-5-7-11-47(45)58(48-12-8-6-10-46(48)57)60(55-35-31-51(67-55)39-17-25-43(63-3)26-18-39)56-36-32-52(68-56)40-19-27-44(64-4)28-20-40/h5-36H,1-4H3. The first kappa shape index (κ1) is 43.6. The minimum atomic E-state index is 0.843. The molecule has 7 aromatic carbocycles. The maximum atomic E-state index is 5.52. The average molecular weight is 957 g/mol. The quantitative estimate of drug-likeness (QED) is 0.102. The second-order valence-corrected chi connectivity index (χ2v) is 20.5. The molecule has 0 bridgehead atoms. The number of hydrogen-bond donors (Lipinski definition) is 0. The molecule has 0 N–H and O–H groups in total. The van der Waals surface area contributed by atoms with Crippen LogP contribution in [0.5, 0.6) is 23.0 Å². The highest BCUT2D eigenvalue weighted by atomic mass is 32.1. The number of thiophene rings is 4. The van der Waals surface area contributed by atoms with Gasteiger partial charge in [-0.3, -0.25) is 0 Å². The Labute approximate surface area is 412 Å². The third kappa shape index (κ3) is 8.28. The van der Waals surface area contributed by atoms with Gasteiger partial charge in [0.15, 0.2) is 0 Å². The highest BCUT2D eigenvalue weighted by Gasteiger charge is 2.32. The normalized spacial score (nSPS) is 11.5. The van der Waals surface area contributed by atoms with E-state index in [4.69, 9.17) is 18.9 Å². The van der Waals surface area contributed by atoms with Gasteiger partial charge in [-0.25, -0.2) is 0 Å². The molecule has 0 saturated heterocycles. The van der Waals surface area contributed by atoms with E-state index in [2.05, 4.69) is 146 Å². The van der Waals surface area contributed by atoms with E-state index in [-0.39, 0.29) is 0 Å². The Hall–Kier alpha value is -6.94. The zero-order valence-corrected chi connectivity index (χ0v) is 41.0. The largest absolute Gasteiger partial charge is 0.497 e. The fourth-order valence-electron chi connectivity index (χ4n) is 8.93. The Morgan fingerprint density at radius 1 is 0.265 bits per heavy atom. The molecule has 0 unspecified atom stereocenters. The van der Waals surface area contributed by atoms with Crippen molar-refractivity contribution in [1.29, 1.82) is 0 Å². The summed E-state index contributed by atoms with van der Waals surface area (Å²) in [5.74, 6) is 5.81. The Morgan fingerprint density at radius 2 is 0.485 bits per heavy atom. The van der Waals surface area contributed by atoms with Crippen molar-refractivity contribution in [2.45, 2.75) is 0 Å². The van der Waals surface area contributed by atoms with Gasteiger partial charge in [0.05, 0.1) is 40.3 Å². The van der Waals surface area contributed by atoms with Gasteiger partial charge in [0.1, 0.15) is 23.0 Å². The van der Waals surface area contributed by atoms with Gasteiger partial charge >= 0.3 is 0 Å². The van der Waals surface area contributed by atoms with Gasteiger partial charge in [0.2, 0.25) is 0 Å². The number of benzene rings is 7. The second-order valence-electron chi connectivity index (χ2n) is 16.2. The van der Waals surface area contributed by atoms with Gasteiger partial charge < -0.3 is 18.9 Å². The zero-order chi connectivity index (χ0) is 46.1. The molecule has 0 aliphatic rings. The molecular formula is C60H44O4S4. The van der Waals surface area contributed by atoms with E-state index in [1.54, 1.807) is 28.4 Å². The van der Waals surface area contributed by atoms with Crippen molar-refractivity contribution in [3.8, 4) is 64.8 Å². The Balaban J connectivity index is 1.13. The predicted octanol–water partition coefficient (Wildman–Crippen LogP) is 17.0. The van der Waals surface area contributed by atoms with Gasteiger partial charge in [-0.2, -0.15) is 0 Å². The van der Waals surface area contributed by atoms with Crippen molar-refractivity contribution < 1.29 is 18.9 Å². The molecule has 11 rings (SSSR count). The maximum absolute atomic E-state index is 5.52. The van der Waals surface area contributed by atoms with Crippen LogP contribution in [0.1, 0.15) is 30.6 Å². The zero-order valence-electron chi connectivity index (χ0n) is 37.7. The van der Waals surface area contributed by atoms with Gasteiger partial charge in [0, 0.05) is 39.0 Å². The molecule has 0 saturated carbocycles. The summed E-state index contributed by atoms with van der Waals surface area (Å²) in [5, 5.41) is 4.80. The molecular weight excluding hydrogens is 913 g/mol. The number of hydrogen-bond acceptors (Lipinski definition) is 8. The van der Waals surface area contributed by atoms with E-state index in [0.29, 0.717) is 0 Å². The molecule has 4 heterocycles. The molecule has 0 fully saturated rings. The lowest BCUT2D eigenvalue weighted by molar-refractivity contribution is 0.415. The van der Waals surface area contributed by atoms with Crippen molar-refractivity contribution in [1.82, 2.24) is 0 Å². The van der Waals surface area contributed by atoms with Gasteiger partial charge in [0.25, 0.3) is 0 Å². The summed E-state index contributed by atoms with van der Waals surface area (Å²) in [7, 11) is 6.84. The summed E-state index contributed by atoms with van der Waals surface area (Å²) in [4.78, 5) is 9.61. The van der Waals surface area contributed by atoms with Crippen molar-refractivity contribution in [2.75, 3.05) is 28.4 Å². The van der Waals surface area contributed by atoms with E-state index in [1.807, 2.05) is 93.9 Å². The van der Waals surface area contributed by atoms with Gasteiger partial charge in [-0.1, -0.05) is 48.5 Å². The maximum Gasteiger partial charge on any atom is 0.118 e. The van der Waals surface area contributed by atoms with Crippen LogP contribution in [-0.2, 0) is 0 Å². The van der Waals surface area contributed by atoms with Crippen LogP contribution >= 0.6 is 45.3 Å². The molecule has 0 atom stereocenters. The van der Waals surface area contributed by atoms with Crippen LogP contribution in [0.2, 0.25) is 0 Å². The monoisotopic (exact) mass is 956 g/mol. The lowest BCUT2D eigenvalue weighted by atomic mass is 9.80. The lowest BCUT2D eigenvalue weighted by Crippen LogP contribution is -2.08. The fourth-order valence-corrected chi connectivity index (χ4v) is 13.4. The lowest BCUT2D eigenvalue weighted by Gasteiger charge is -2.25. The Bertz CT molecular complexity index is 3040. The molecule has 0 spiro atoms. The van der Waals surface area contributed by atoms with Gasteiger partial charge in [-0.05, 0) is 201 Å². The minimum absolute atomic E-state index is 0.843. The summed E-state index contributed by atoms with van der Waals surface area (Å²) in [6.07, 6.45) is 0. The van der Waals surface area contributed by atoms with Crippen LogP contribution in [0.15, 0.2) is 194 Å². The summed E-state index contributed by atoms with van der Waals surface area (Å²) >= 11 is 7.32. The van der Waals surface area contributed by atoms with Crippen molar-refractivity contribution in [3.05, 3.63) is 237 Å². The Morgan fingerprint density at radius 3 is 0.691 bits per heavy atom. The number of fused-ring (bicyclic) bond motifs is 2. The Kier molecular flexibility index (Phi) is 12.2. The van der Waals surface area contributed by atoms with Crippen LogP contribution in [0.4, 0.5) is 0 Å². The number of methoxy groups -OCH3 is 4. The van der Waals surface area contributed by atoms with E-state index in [0.717, 1.165) is 45.3 Å². The SMILES string of the molecule is COc1ccc(-c2ccc([C](c3ccc(-c4ccc(OC)cc4)s3)c3c4ccccc4c([C](c4ccc(-c5ccc(OC)cc5)s4)c4ccc(-c5ccc(OC)cc5)s4)c4ccccc34)s2)cc1. The topological polar surface area (TPSA) is 36.9 Å². The van der Waals surface area contributed by atoms with Crippen LogP contribution in [0, 0.1) is 11.8 Å². The highest BCUT2D eigenvalue weighted by Crippen LogP contribution is 2.52. The van der Waals surface area contributed by atoms with Crippen LogP contribution in [0.25, 0.3) is 63.3 Å². The summed E-state index contributed by atoms with van der Waals surface area (Å²) in [5.41, 5.74) is 7.08. The second kappa shape index (κ2) is 19.0. The van der Waals surface area contributed by atoms with Crippen LogP contribution < -0.4 is 18.9 Å². The average Bonchev–Trinajstić information content (AvgIpc) is 4.27. The molecule has 68 heavy (non-hydrogen) atoms. The minimum Gasteiger partial charge on any atom is -0.497 e. The van der Waals surface area contributed by atoms with Gasteiger partial charge in [-0.15, -0.1) is 45.3 Å². The van der Waals surface area contributed by atoms with Crippen molar-refractivity contribution in [2.24, 2.45) is 0 Å². The summed E-state index contributed by atoms with van der Waals surface area (Å²) < 4.78 is 22.1. The van der Waals surface area contributed by atoms with Crippen LogP contribution in [-0.4, -0.2) is 28.4 Å². The molecule has 0 aliphatic carbocycles. The molecule has 8 heteroatoms. The first-order valence-corrected chi connectivity index (χ1v) is 25.4. The molecule has 2 radical (unpaired) electrons. The first-order chi connectivity index (χ1) is 33.5. The van der Waals surface area contributed by atoms with Crippen molar-refractivity contribution in [3.63, 3.8) is 0 Å². The smallest absolute Gasteiger partial charge is 0.118 e. The number of ether oxygens (including phenoxy) is 4. The van der Waals surface area contributed by atoms with Crippen LogP contribution in [0.3, 0.4) is 0 Å². The third-order valence-corrected chi connectivity index (χ3v) is 16.9. The van der Waals surface area contributed by atoms with E-state index < -0.39 is 0 Å². The molecule has 4 nitrogen and oxygen atoms in total. The number of rotatable bonds is 14. The van der Waals surface area contributed by atoms with E-state index in [9.17, 15) is 0 Å². The molecule has 4 aromatic heterocycles. The predicted molar refractivity (Wildman–Crippen MR) is 288 cm³/mol. The molecule has 0 aliphatic heterocycles. The highest BCUT2D eigenvalue weighted by molar-refractivity contribution is 7.18. The first-order valence-electron chi connectivity index (χ1n) is 22.2. The van der Waals surface area contributed by atoms with E-state index >= 15 is 0 Å². The summed E-state index contributed by atoms with van der Waals surface area (Å²) in [6, 6.07) is 69.8. The van der Waals surface area contributed by atoms with E-state index in [1.165, 1.54) is 83.5 Å². The molecule has 332 valence electrons.